The van der Waals surface area contributed by atoms with E-state index in [-0.39, 0.29) is 5.41 Å². The van der Waals surface area contributed by atoms with Crippen molar-refractivity contribution in [1.29, 1.82) is 0 Å². The van der Waals surface area contributed by atoms with E-state index in [0.29, 0.717) is 0 Å². The van der Waals surface area contributed by atoms with Crippen LogP contribution < -0.4 is 0 Å². The summed E-state index contributed by atoms with van der Waals surface area (Å²) in [5.74, 6) is 0. The molecule has 0 bridgehead atoms. The van der Waals surface area contributed by atoms with E-state index in [1.165, 1.54) is 11.1 Å². The van der Waals surface area contributed by atoms with Gasteiger partial charge in [0.15, 0.2) is 0 Å². The second-order valence-corrected chi connectivity index (χ2v) is 5.78. The molecular weight excluding hydrogens is 254 g/mol. The minimum Gasteiger partial charge on any atom is -0.256 e. The van der Waals surface area contributed by atoms with Crippen LogP contribution in [-0.2, 0) is 5.41 Å². The Morgan fingerprint density at radius 2 is 1.29 bits per heavy atom. The van der Waals surface area contributed by atoms with Crippen molar-refractivity contribution in [1.82, 2.24) is 4.98 Å². The predicted octanol–water partition coefficient (Wildman–Crippen LogP) is 5.07. The van der Waals surface area contributed by atoms with Crippen LogP contribution in [0, 0.1) is 0 Å². The fourth-order valence-corrected chi connectivity index (χ4v) is 2.61. The molecule has 21 heavy (non-hydrogen) atoms. The van der Waals surface area contributed by atoms with Crippen molar-refractivity contribution in [3.8, 4) is 11.3 Å². The van der Waals surface area contributed by atoms with Gasteiger partial charge in [-0.1, -0.05) is 74.5 Å². The zero-order chi connectivity index (χ0) is 14.7. The lowest BCUT2D eigenvalue weighted by molar-refractivity contribution is 0.641. The van der Waals surface area contributed by atoms with Crippen molar-refractivity contribution in [2.75, 3.05) is 0 Å². The fourth-order valence-electron chi connectivity index (χ4n) is 2.61. The second-order valence-electron chi connectivity index (χ2n) is 5.78. The standard InChI is InChI=1S/C20H19N/c1-20(2,17-8-4-3-5-9-17)18-13-11-16(12-14-18)19-10-6-7-15-21-19/h3-15H,1-2H3. The zero-order valence-corrected chi connectivity index (χ0v) is 12.5. The van der Waals surface area contributed by atoms with Crippen molar-refractivity contribution in [2.45, 2.75) is 19.3 Å². The summed E-state index contributed by atoms with van der Waals surface area (Å²) >= 11 is 0. The molecule has 0 saturated heterocycles. The predicted molar refractivity (Wildman–Crippen MR) is 88.2 cm³/mol. The van der Waals surface area contributed by atoms with Crippen LogP contribution in [0.25, 0.3) is 11.3 Å². The first-order chi connectivity index (χ1) is 10.2. The molecule has 1 heterocycles. The Hall–Kier alpha value is -2.41. The highest BCUT2D eigenvalue weighted by molar-refractivity contribution is 5.59. The topological polar surface area (TPSA) is 12.9 Å². The number of aromatic nitrogens is 1. The van der Waals surface area contributed by atoms with E-state index >= 15 is 0 Å². The fraction of sp³-hybridized carbons (Fsp3) is 0.150. The van der Waals surface area contributed by atoms with Gasteiger partial charge in [0, 0.05) is 17.2 Å². The van der Waals surface area contributed by atoms with Gasteiger partial charge < -0.3 is 0 Å². The Kier molecular flexibility index (Phi) is 3.57. The lowest BCUT2D eigenvalue weighted by atomic mass is 9.78. The third-order valence-electron chi connectivity index (χ3n) is 4.06. The average molecular weight is 273 g/mol. The summed E-state index contributed by atoms with van der Waals surface area (Å²) < 4.78 is 0. The SMILES string of the molecule is CC(C)(c1ccccc1)c1ccc(-c2ccccn2)cc1. The van der Waals surface area contributed by atoms with Gasteiger partial charge in [-0.05, 0) is 23.3 Å². The monoisotopic (exact) mass is 273 g/mol. The van der Waals surface area contributed by atoms with Crippen molar-refractivity contribution in [3.05, 3.63) is 90.1 Å². The van der Waals surface area contributed by atoms with Gasteiger partial charge in [0.1, 0.15) is 0 Å². The molecule has 0 aliphatic heterocycles. The average Bonchev–Trinajstić information content (AvgIpc) is 2.57. The lowest BCUT2D eigenvalue weighted by Gasteiger charge is -2.26. The van der Waals surface area contributed by atoms with E-state index in [4.69, 9.17) is 0 Å². The van der Waals surface area contributed by atoms with E-state index in [1.807, 2.05) is 24.4 Å². The molecule has 0 fully saturated rings. The molecule has 1 nitrogen and oxygen atoms in total. The third-order valence-corrected chi connectivity index (χ3v) is 4.06. The molecule has 1 aromatic heterocycles. The maximum absolute atomic E-state index is 4.40. The molecule has 3 aromatic rings. The van der Waals surface area contributed by atoms with Crippen molar-refractivity contribution in [2.24, 2.45) is 0 Å². The molecule has 0 amide bonds. The number of rotatable bonds is 3. The number of hydrogen-bond donors (Lipinski definition) is 0. The maximum atomic E-state index is 4.40. The lowest BCUT2D eigenvalue weighted by Crippen LogP contribution is -2.18. The first kappa shape index (κ1) is 13.6. The van der Waals surface area contributed by atoms with Gasteiger partial charge in [0.05, 0.1) is 5.69 Å². The summed E-state index contributed by atoms with van der Waals surface area (Å²) in [4.78, 5) is 4.40. The van der Waals surface area contributed by atoms with Crippen molar-refractivity contribution < 1.29 is 0 Å². The first-order valence-corrected chi connectivity index (χ1v) is 7.25. The minimum absolute atomic E-state index is 0.00388. The molecule has 0 aliphatic rings. The van der Waals surface area contributed by atoms with E-state index in [9.17, 15) is 0 Å². The summed E-state index contributed by atoms with van der Waals surface area (Å²) in [6, 6.07) is 25.3. The van der Waals surface area contributed by atoms with E-state index < -0.39 is 0 Å². The quantitative estimate of drug-likeness (QED) is 0.649. The van der Waals surface area contributed by atoms with E-state index in [1.54, 1.807) is 0 Å². The molecule has 0 saturated carbocycles. The van der Waals surface area contributed by atoms with Crippen LogP contribution in [0.1, 0.15) is 25.0 Å². The summed E-state index contributed by atoms with van der Waals surface area (Å²) in [6.45, 7) is 4.52. The largest absolute Gasteiger partial charge is 0.256 e. The molecule has 0 spiro atoms. The van der Waals surface area contributed by atoms with Crippen LogP contribution in [0.4, 0.5) is 0 Å². The highest BCUT2D eigenvalue weighted by Crippen LogP contribution is 2.32. The Bertz CT molecular complexity index is 698. The van der Waals surface area contributed by atoms with Gasteiger partial charge in [0.25, 0.3) is 0 Å². The van der Waals surface area contributed by atoms with Crippen LogP contribution >= 0.6 is 0 Å². The summed E-state index contributed by atoms with van der Waals surface area (Å²) in [5, 5.41) is 0. The van der Waals surface area contributed by atoms with Crippen LogP contribution in [0.5, 0.6) is 0 Å². The Balaban J connectivity index is 1.94. The number of nitrogens with zero attached hydrogens (tertiary/aromatic N) is 1. The Morgan fingerprint density at radius 3 is 1.90 bits per heavy atom. The zero-order valence-electron chi connectivity index (χ0n) is 12.5. The molecule has 0 atom stereocenters. The summed E-state index contributed by atoms with van der Waals surface area (Å²) in [6.07, 6.45) is 1.83. The van der Waals surface area contributed by atoms with Gasteiger partial charge in [-0.15, -0.1) is 0 Å². The first-order valence-electron chi connectivity index (χ1n) is 7.25. The molecule has 1 heteroatoms. The Morgan fingerprint density at radius 1 is 0.667 bits per heavy atom. The summed E-state index contributed by atoms with van der Waals surface area (Å²) in [7, 11) is 0. The third kappa shape index (κ3) is 2.73. The molecule has 0 aliphatic carbocycles. The Labute approximate surface area is 126 Å². The molecule has 0 unspecified atom stereocenters. The van der Waals surface area contributed by atoms with Crippen molar-refractivity contribution >= 4 is 0 Å². The van der Waals surface area contributed by atoms with Crippen LogP contribution in [0.15, 0.2) is 79.0 Å². The molecule has 0 N–H and O–H groups in total. The smallest absolute Gasteiger partial charge is 0.0701 e. The van der Waals surface area contributed by atoms with Crippen LogP contribution in [0.2, 0.25) is 0 Å². The number of hydrogen-bond acceptors (Lipinski definition) is 1. The van der Waals surface area contributed by atoms with Crippen LogP contribution in [-0.4, -0.2) is 4.98 Å². The normalized spacial score (nSPS) is 11.3. The van der Waals surface area contributed by atoms with Gasteiger partial charge in [-0.25, -0.2) is 0 Å². The van der Waals surface area contributed by atoms with Gasteiger partial charge >= 0.3 is 0 Å². The second kappa shape index (κ2) is 5.53. The van der Waals surface area contributed by atoms with Crippen LogP contribution in [0.3, 0.4) is 0 Å². The maximum Gasteiger partial charge on any atom is 0.0701 e. The minimum atomic E-state index is 0.00388. The molecule has 2 aromatic carbocycles. The highest BCUT2D eigenvalue weighted by Gasteiger charge is 2.22. The van der Waals surface area contributed by atoms with Gasteiger partial charge in [-0.2, -0.15) is 0 Å². The van der Waals surface area contributed by atoms with Gasteiger partial charge in [-0.3, -0.25) is 4.98 Å². The highest BCUT2D eigenvalue weighted by atomic mass is 14.7. The molecule has 104 valence electrons. The number of benzene rings is 2. The number of pyridine rings is 1. The van der Waals surface area contributed by atoms with Gasteiger partial charge in [0.2, 0.25) is 0 Å². The molecule has 0 radical (unpaired) electrons. The molecule has 3 rings (SSSR count). The van der Waals surface area contributed by atoms with Crippen molar-refractivity contribution in [3.63, 3.8) is 0 Å². The van der Waals surface area contributed by atoms with E-state index in [0.717, 1.165) is 11.3 Å². The summed E-state index contributed by atoms with van der Waals surface area (Å²) in [5.41, 5.74) is 4.82. The van der Waals surface area contributed by atoms with E-state index in [2.05, 4.69) is 73.4 Å². The molecular formula is C20H19N.